The van der Waals surface area contributed by atoms with E-state index in [4.69, 9.17) is 5.11 Å². The molecule has 2 aromatic rings. The van der Waals surface area contributed by atoms with E-state index < -0.39 is 5.91 Å². The number of allylic oxidation sites excluding steroid dienone is 1. The monoisotopic (exact) mass is 282 g/mol. The van der Waals surface area contributed by atoms with Gasteiger partial charge in [0.2, 0.25) is 0 Å². The highest BCUT2D eigenvalue weighted by Crippen LogP contribution is 2.22. The summed E-state index contributed by atoms with van der Waals surface area (Å²) in [6, 6.07) is 13.4. The number of rotatable bonds is 4. The van der Waals surface area contributed by atoms with Crippen molar-refractivity contribution in [2.24, 2.45) is 5.10 Å². The van der Waals surface area contributed by atoms with Gasteiger partial charge in [-0.3, -0.25) is 4.79 Å². The topological polar surface area (TPSA) is 81.9 Å². The maximum absolute atomic E-state index is 11.7. The molecule has 2 aromatic carbocycles. The summed E-state index contributed by atoms with van der Waals surface area (Å²) in [5.74, 6) is -0.974. The fraction of sp³-hybridized carbons (Fsp3) is 0. The van der Waals surface area contributed by atoms with Crippen molar-refractivity contribution in [1.82, 2.24) is 5.43 Å². The van der Waals surface area contributed by atoms with Crippen LogP contribution < -0.4 is 5.43 Å². The Labute approximate surface area is 121 Å². The minimum Gasteiger partial charge on any atom is -0.508 e. The molecule has 0 saturated heterocycles. The maximum Gasteiger partial charge on any atom is 0.275 e. The summed E-state index contributed by atoms with van der Waals surface area (Å²) >= 11 is 0. The summed E-state index contributed by atoms with van der Waals surface area (Å²) in [6.45, 7) is 0. The van der Waals surface area contributed by atoms with Crippen molar-refractivity contribution in [3.63, 3.8) is 0 Å². The van der Waals surface area contributed by atoms with Gasteiger partial charge in [-0.1, -0.05) is 36.4 Å². The molecular formula is C16H14N2O3. The molecule has 106 valence electrons. The van der Waals surface area contributed by atoms with Gasteiger partial charge in [-0.25, -0.2) is 5.43 Å². The van der Waals surface area contributed by atoms with Crippen molar-refractivity contribution in [3.8, 4) is 11.5 Å². The van der Waals surface area contributed by atoms with Gasteiger partial charge in [0.15, 0.2) is 0 Å². The second-order valence-electron chi connectivity index (χ2n) is 4.19. The number of amides is 1. The number of carbonyl (C=O) groups excluding carboxylic acids is 1. The third-order valence-electron chi connectivity index (χ3n) is 2.64. The number of hydrogen-bond donors (Lipinski definition) is 3. The molecule has 3 N–H and O–H groups in total. The Morgan fingerprint density at radius 3 is 2.57 bits per heavy atom. The molecule has 0 aliphatic rings. The SMILES string of the molecule is O=C(N/N=C\C=C\c1ccccc1)c1ccc(O)cc1O. The number of nitrogens with one attached hydrogen (secondary N) is 1. The van der Waals surface area contributed by atoms with Crippen LogP contribution in [0.3, 0.4) is 0 Å². The Morgan fingerprint density at radius 1 is 1.10 bits per heavy atom. The highest BCUT2D eigenvalue weighted by Gasteiger charge is 2.10. The lowest BCUT2D eigenvalue weighted by molar-refractivity contribution is 0.0952. The molecule has 0 heterocycles. The van der Waals surface area contributed by atoms with Crippen molar-refractivity contribution < 1.29 is 15.0 Å². The van der Waals surface area contributed by atoms with Crippen LogP contribution in [0.15, 0.2) is 59.7 Å². The van der Waals surface area contributed by atoms with Crippen LogP contribution in [-0.2, 0) is 0 Å². The molecule has 0 atom stereocenters. The second-order valence-corrected chi connectivity index (χ2v) is 4.19. The second kappa shape index (κ2) is 6.91. The third-order valence-corrected chi connectivity index (χ3v) is 2.64. The number of hydrogen-bond acceptors (Lipinski definition) is 4. The van der Waals surface area contributed by atoms with E-state index in [2.05, 4.69) is 10.5 Å². The van der Waals surface area contributed by atoms with Gasteiger partial charge in [0.05, 0.1) is 5.56 Å². The van der Waals surface area contributed by atoms with Crippen LogP contribution in [0.2, 0.25) is 0 Å². The van der Waals surface area contributed by atoms with E-state index in [0.29, 0.717) is 0 Å². The number of phenols is 2. The van der Waals surface area contributed by atoms with Gasteiger partial charge in [0.1, 0.15) is 11.5 Å². The van der Waals surface area contributed by atoms with Crippen LogP contribution in [0.4, 0.5) is 0 Å². The van der Waals surface area contributed by atoms with Crippen molar-refractivity contribution in [1.29, 1.82) is 0 Å². The fourth-order valence-corrected chi connectivity index (χ4v) is 1.63. The minimum atomic E-state index is -0.558. The molecule has 2 rings (SSSR count). The van der Waals surface area contributed by atoms with Crippen LogP contribution in [0.1, 0.15) is 15.9 Å². The summed E-state index contributed by atoms with van der Waals surface area (Å²) in [4.78, 5) is 11.7. The van der Waals surface area contributed by atoms with Crippen LogP contribution in [0.5, 0.6) is 11.5 Å². The fourth-order valence-electron chi connectivity index (χ4n) is 1.63. The van der Waals surface area contributed by atoms with Crippen LogP contribution in [0, 0.1) is 0 Å². The molecule has 0 aliphatic carbocycles. The van der Waals surface area contributed by atoms with E-state index >= 15 is 0 Å². The summed E-state index contributed by atoms with van der Waals surface area (Å²) < 4.78 is 0. The first-order chi connectivity index (χ1) is 10.2. The summed E-state index contributed by atoms with van der Waals surface area (Å²) in [7, 11) is 0. The van der Waals surface area contributed by atoms with Crippen LogP contribution >= 0.6 is 0 Å². The van der Waals surface area contributed by atoms with Crippen LogP contribution in [0.25, 0.3) is 6.08 Å². The van der Waals surface area contributed by atoms with E-state index in [1.165, 1.54) is 18.3 Å². The largest absolute Gasteiger partial charge is 0.508 e. The normalized spacial score (nSPS) is 11.0. The van der Waals surface area contributed by atoms with E-state index in [1.807, 2.05) is 36.4 Å². The van der Waals surface area contributed by atoms with Crippen molar-refractivity contribution >= 4 is 18.2 Å². The van der Waals surface area contributed by atoms with E-state index in [1.54, 1.807) is 6.08 Å². The molecular weight excluding hydrogens is 268 g/mol. The number of aromatic hydroxyl groups is 2. The van der Waals surface area contributed by atoms with Gasteiger partial charge in [0.25, 0.3) is 5.91 Å². The summed E-state index contributed by atoms with van der Waals surface area (Å²) in [5.41, 5.74) is 3.34. The average molecular weight is 282 g/mol. The predicted octanol–water partition coefficient (Wildman–Crippen LogP) is 2.53. The molecule has 5 heteroatoms. The molecule has 0 radical (unpaired) electrons. The first-order valence-corrected chi connectivity index (χ1v) is 6.24. The predicted molar refractivity (Wildman–Crippen MR) is 81.2 cm³/mol. The van der Waals surface area contributed by atoms with Gasteiger partial charge in [0, 0.05) is 12.3 Å². The van der Waals surface area contributed by atoms with E-state index in [0.717, 1.165) is 11.6 Å². The Balaban J connectivity index is 1.92. The zero-order valence-electron chi connectivity index (χ0n) is 11.1. The molecule has 0 spiro atoms. The number of benzene rings is 2. The molecule has 5 nitrogen and oxygen atoms in total. The zero-order valence-corrected chi connectivity index (χ0v) is 11.1. The Kier molecular flexibility index (Phi) is 4.71. The lowest BCUT2D eigenvalue weighted by Crippen LogP contribution is -2.17. The number of hydrazone groups is 1. The van der Waals surface area contributed by atoms with Crippen molar-refractivity contribution in [3.05, 3.63) is 65.7 Å². The quantitative estimate of drug-likeness (QED) is 0.595. The number of nitrogens with zero attached hydrogens (tertiary/aromatic N) is 1. The molecule has 0 fully saturated rings. The highest BCUT2D eigenvalue weighted by atomic mass is 16.3. The third kappa shape index (κ3) is 4.21. The average Bonchev–Trinajstić information content (AvgIpc) is 2.47. The summed E-state index contributed by atoms with van der Waals surface area (Å²) in [6.07, 6.45) is 4.96. The van der Waals surface area contributed by atoms with Gasteiger partial charge in [-0.2, -0.15) is 5.10 Å². The molecule has 0 aromatic heterocycles. The van der Waals surface area contributed by atoms with Crippen LogP contribution in [-0.4, -0.2) is 22.3 Å². The first kappa shape index (κ1) is 14.3. The smallest absolute Gasteiger partial charge is 0.275 e. The lowest BCUT2D eigenvalue weighted by atomic mass is 10.2. The highest BCUT2D eigenvalue weighted by molar-refractivity contribution is 5.97. The zero-order chi connectivity index (χ0) is 15.1. The van der Waals surface area contributed by atoms with Gasteiger partial charge in [-0.05, 0) is 23.8 Å². The molecule has 1 amide bonds. The Hall–Kier alpha value is -3.08. The minimum absolute atomic E-state index is 0.0389. The molecule has 0 aliphatic heterocycles. The number of carbonyl (C=O) groups is 1. The first-order valence-electron chi connectivity index (χ1n) is 6.24. The Bertz CT molecular complexity index is 679. The van der Waals surface area contributed by atoms with E-state index in [9.17, 15) is 9.90 Å². The van der Waals surface area contributed by atoms with Crippen molar-refractivity contribution in [2.75, 3.05) is 0 Å². The molecule has 0 bridgehead atoms. The molecule has 0 saturated carbocycles. The Morgan fingerprint density at radius 2 is 1.86 bits per heavy atom. The van der Waals surface area contributed by atoms with Gasteiger partial charge < -0.3 is 10.2 Å². The molecule has 21 heavy (non-hydrogen) atoms. The maximum atomic E-state index is 11.7. The van der Waals surface area contributed by atoms with E-state index in [-0.39, 0.29) is 17.1 Å². The number of phenolic OH excluding ortho intramolecular Hbond substituents is 2. The standard InChI is InChI=1S/C16H14N2O3/c19-13-8-9-14(15(20)11-13)16(21)18-17-10-4-7-12-5-2-1-3-6-12/h1-11,19-20H,(H,18,21)/b7-4+,17-10-. The summed E-state index contributed by atoms with van der Waals surface area (Å²) in [5, 5.41) is 22.4. The van der Waals surface area contributed by atoms with Gasteiger partial charge in [-0.15, -0.1) is 0 Å². The van der Waals surface area contributed by atoms with Crippen molar-refractivity contribution in [2.45, 2.75) is 0 Å². The lowest BCUT2D eigenvalue weighted by Gasteiger charge is -2.02. The molecule has 0 unspecified atom stereocenters. The van der Waals surface area contributed by atoms with Gasteiger partial charge >= 0.3 is 0 Å².